The monoisotopic (exact) mass is 311 g/mol. The maximum absolute atomic E-state index is 5.50. The molecule has 1 aromatic rings. The first-order valence-electron chi connectivity index (χ1n) is 6.80. The second-order valence-corrected chi connectivity index (χ2v) is 6.00. The van der Waals surface area contributed by atoms with Gasteiger partial charge >= 0.3 is 0 Å². The lowest BCUT2D eigenvalue weighted by molar-refractivity contribution is 0.174. The zero-order valence-corrected chi connectivity index (χ0v) is 12.7. The molecule has 2 rings (SSSR count). The van der Waals surface area contributed by atoms with E-state index in [9.17, 15) is 0 Å². The lowest BCUT2D eigenvalue weighted by Crippen LogP contribution is -2.37. The van der Waals surface area contributed by atoms with E-state index >= 15 is 0 Å². The summed E-state index contributed by atoms with van der Waals surface area (Å²) in [5.74, 6) is 0.671. The molecular weight excluding hydrogens is 290 g/mol. The van der Waals surface area contributed by atoms with Crippen molar-refractivity contribution < 1.29 is 4.74 Å². The molecule has 0 saturated carbocycles. The quantitative estimate of drug-likeness (QED) is 0.890. The van der Waals surface area contributed by atoms with Crippen LogP contribution in [0.5, 0.6) is 0 Å². The van der Waals surface area contributed by atoms with Crippen LogP contribution in [0.3, 0.4) is 0 Å². The fraction of sp³-hybridized carbons (Fsp3) is 0.600. The van der Waals surface area contributed by atoms with Crippen LogP contribution < -0.4 is 5.32 Å². The maximum Gasteiger partial charge on any atom is 0.0510 e. The second-order valence-electron chi connectivity index (χ2n) is 5.08. The highest BCUT2D eigenvalue weighted by Crippen LogP contribution is 2.23. The minimum absolute atomic E-state index is 0.382. The zero-order valence-electron chi connectivity index (χ0n) is 11.2. The van der Waals surface area contributed by atoms with E-state index in [0.29, 0.717) is 18.0 Å². The van der Waals surface area contributed by atoms with Crippen molar-refractivity contribution >= 4 is 15.9 Å². The van der Waals surface area contributed by atoms with Gasteiger partial charge in [0.2, 0.25) is 0 Å². The van der Waals surface area contributed by atoms with Crippen LogP contribution in [0.4, 0.5) is 0 Å². The van der Waals surface area contributed by atoms with Gasteiger partial charge in [-0.15, -0.1) is 0 Å². The van der Waals surface area contributed by atoms with Gasteiger partial charge in [0.15, 0.2) is 0 Å². The van der Waals surface area contributed by atoms with Gasteiger partial charge in [-0.1, -0.05) is 35.0 Å². The molecule has 1 saturated heterocycles. The molecule has 0 aliphatic carbocycles. The highest BCUT2D eigenvalue weighted by Gasteiger charge is 2.25. The van der Waals surface area contributed by atoms with Crippen molar-refractivity contribution in [2.45, 2.75) is 38.8 Å². The predicted molar refractivity (Wildman–Crippen MR) is 78.7 cm³/mol. The number of rotatable bonds is 5. The minimum Gasteiger partial charge on any atom is -0.381 e. The molecule has 1 aromatic carbocycles. The Bertz CT molecular complexity index is 377. The van der Waals surface area contributed by atoms with Crippen LogP contribution in [-0.4, -0.2) is 19.3 Å². The van der Waals surface area contributed by atoms with Gasteiger partial charge in [0.25, 0.3) is 0 Å². The third-order valence-electron chi connectivity index (χ3n) is 3.79. The van der Waals surface area contributed by atoms with Crippen LogP contribution in [0.2, 0.25) is 0 Å². The van der Waals surface area contributed by atoms with Crippen LogP contribution in [0, 0.1) is 5.92 Å². The van der Waals surface area contributed by atoms with Gasteiger partial charge in [-0.25, -0.2) is 0 Å². The van der Waals surface area contributed by atoms with E-state index in [4.69, 9.17) is 4.74 Å². The van der Waals surface area contributed by atoms with Crippen LogP contribution >= 0.6 is 15.9 Å². The summed E-state index contributed by atoms with van der Waals surface area (Å²) in [5.41, 5.74) is 1.33. The zero-order chi connectivity index (χ0) is 13.0. The van der Waals surface area contributed by atoms with Gasteiger partial charge in [-0.2, -0.15) is 0 Å². The normalized spacial score (nSPS) is 22.9. The van der Waals surface area contributed by atoms with Crippen molar-refractivity contribution in [1.29, 1.82) is 0 Å². The molecule has 0 spiro atoms. The molecule has 3 heteroatoms. The summed E-state index contributed by atoms with van der Waals surface area (Å²) in [5, 5.41) is 3.75. The van der Waals surface area contributed by atoms with Gasteiger partial charge in [-0.3, -0.25) is 0 Å². The summed E-state index contributed by atoms with van der Waals surface area (Å²) in [6, 6.07) is 9.47. The Balaban J connectivity index is 1.98. The van der Waals surface area contributed by atoms with Gasteiger partial charge in [0, 0.05) is 23.2 Å². The summed E-state index contributed by atoms with van der Waals surface area (Å²) in [4.78, 5) is 0. The van der Waals surface area contributed by atoms with Crippen LogP contribution in [0.15, 0.2) is 28.7 Å². The van der Waals surface area contributed by atoms with Crippen LogP contribution in [-0.2, 0) is 4.74 Å². The molecule has 2 unspecified atom stereocenters. The van der Waals surface area contributed by atoms with E-state index in [0.717, 1.165) is 24.1 Å². The van der Waals surface area contributed by atoms with Gasteiger partial charge in [-0.05, 0) is 43.4 Å². The lowest BCUT2D eigenvalue weighted by Gasteiger charge is -2.26. The summed E-state index contributed by atoms with van der Waals surface area (Å²) < 4.78 is 6.64. The number of hydrogen-bond donors (Lipinski definition) is 1. The first kappa shape index (κ1) is 14.0. The minimum atomic E-state index is 0.382. The molecule has 0 radical (unpaired) electrons. The lowest BCUT2D eigenvalue weighted by atomic mass is 9.95. The summed E-state index contributed by atoms with van der Waals surface area (Å²) in [6.45, 7) is 6.33. The summed E-state index contributed by atoms with van der Waals surface area (Å²) in [6.07, 6.45) is 2.35. The Morgan fingerprint density at radius 1 is 1.50 bits per heavy atom. The number of benzene rings is 1. The molecule has 1 heterocycles. The first-order valence-corrected chi connectivity index (χ1v) is 7.59. The van der Waals surface area contributed by atoms with Crippen molar-refractivity contribution in [2.75, 3.05) is 13.2 Å². The molecule has 1 aliphatic heterocycles. The van der Waals surface area contributed by atoms with E-state index in [1.807, 2.05) is 0 Å². The average Bonchev–Trinajstić information content (AvgIpc) is 2.89. The summed E-state index contributed by atoms with van der Waals surface area (Å²) >= 11 is 3.53. The molecule has 1 N–H and O–H groups in total. The van der Waals surface area contributed by atoms with E-state index in [1.54, 1.807) is 0 Å². The third-order valence-corrected chi connectivity index (χ3v) is 4.28. The van der Waals surface area contributed by atoms with Crippen molar-refractivity contribution in [3.05, 3.63) is 34.3 Å². The molecule has 2 nitrogen and oxygen atoms in total. The van der Waals surface area contributed by atoms with Gasteiger partial charge in [0.1, 0.15) is 0 Å². The van der Waals surface area contributed by atoms with Gasteiger partial charge in [0.05, 0.1) is 6.61 Å². The predicted octanol–water partition coefficient (Wildman–Crippen LogP) is 3.91. The number of ether oxygens (including phenoxy) is 1. The topological polar surface area (TPSA) is 21.3 Å². The van der Waals surface area contributed by atoms with Crippen molar-refractivity contribution in [3.63, 3.8) is 0 Å². The Kier molecular flexibility index (Phi) is 5.22. The molecule has 1 fully saturated rings. The first-order chi connectivity index (χ1) is 8.70. The Labute approximate surface area is 118 Å². The van der Waals surface area contributed by atoms with Crippen LogP contribution in [0.25, 0.3) is 0 Å². The fourth-order valence-electron chi connectivity index (χ4n) is 2.65. The fourth-order valence-corrected chi connectivity index (χ4v) is 3.07. The third kappa shape index (κ3) is 3.56. The Hall–Kier alpha value is -0.380. The molecule has 0 amide bonds. The van der Waals surface area contributed by atoms with Crippen molar-refractivity contribution in [2.24, 2.45) is 5.92 Å². The average molecular weight is 312 g/mol. The standard InChI is InChI=1S/C15H22BrNO/c1-3-15(13-7-8-18-10-13)17-11(2)12-5-4-6-14(16)9-12/h4-6,9,11,13,15,17H,3,7-8,10H2,1-2H3/t11-,13?,15?/m1/s1. The SMILES string of the molecule is CCC(N[C@H](C)c1cccc(Br)c1)C1CCOC1. The number of hydrogen-bond acceptors (Lipinski definition) is 2. The highest BCUT2D eigenvalue weighted by molar-refractivity contribution is 9.10. The Morgan fingerprint density at radius 3 is 2.94 bits per heavy atom. The van der Waals surface area contributed by atoms with Crippen molar-refractivity contribution in [1.82, 2.24) is 5.32 Å². The molecule has 0 bridgehead atoms. The van der Waals surface area contributed by atoms with E-state index < -0.39 is 0 Å². The van der Waals surface area contributed by atoms with Crippen LogP contribution in [0.1, 0.15) is 38.3 Å². The molecule has 0 aromatic heterocycles. The number of nitrogens with one attached hydrogen (secondary N) is 1. The molecular formula is C15H22BrNO. The van der Waals surface area contributed by atoms with Gasteiger partial charge < -0.3 is 10.1 Å². The number of halogens is 1. The van der Waals surface area contributed by atoms with E-state index in [2.05, 4.69) is 59.4 Å². The smallest absolute Gasteiger partial charge is 0.0510 e. The molecule has 1 aliphatic rings. The molecule has 3 atom stereocenters. The maximum atomic E-state index is 5.50. The highest BCUT2D eigenvalue weighted by atomic mass is 79.9. The molecule has 18 heavy (non-hydrogen) atoms. The van der Waals surface area contributed by atoms with E-state index in [-0.39, 0.29) is 0 Å². The summed E-state index contributed by atoms with van der Waals surface area (Å²) in [7, 11) is 0. The van der Waals surface area contributed by atoms with E-state index in [1.165, 1.54) is 12.0 Å². The Morgan fingerprint density at radius 2 is 2.33 bits per heavy atom. The largest absolute Gasteiger partial charge is 0.381 e. The molecule has 100 valence electrons. The second kappa shape index (κ2) is 6.69. The van der Waals surface area contributed by atoms with Crippen molar-refractivity contribution in [3.8, 4) is 0 Å².